The van der Waals surface area contributed by atoms with Crippen LogP contribution in [0.3, 0.4) is 0 Å². The van der Waals surface area contributed by atoms with Crippen LogP contribution in [0.1, 0.15) is 44.1 Å². The Balaban J connectivity index is 1.64. The first-order valence-corrected chi connectivity index (χ1v) is 8.97. The molecule has 124 valence electrons. The number of carbonyl (C=O) groups excluding carboxylic acids is 1. The summed E-state index contributed by atoms with van der Waals surface area (Å²) in [6.07, 6.45) is 4.66. The van der Waals surface area contributed by atoms with Gasteiger partial charge >= 0.3 is 6.03 Å². The summed E-state index contributed by atoms with van der Waals surface area (Å²) in [6, 6.07) is -0.0748. The monoisotopic (exact) mass is 334 g/mol. The number of likely N-dealkylation sites (tertiary alicyclic amines) is 1. The van der Waals surface area contributed by atoms with Crippen LogP contribution in [-0.2, 0) is 13.0 Å². The predicted molar refractivity (Wildman–Crippen MR) is 89.8 cm³/mol. The highest BCUT2D eigenvalue weighted by Crippen LogP contribution is 2.26. The quantitative estimate of drug-likeness (QED) is 0.933. The third kappa shape index (κ3) is 3.52. The van der Waals surface area contributed by atoms with E-state index in [4.69, 9.17) is 0 Å². The number of nitrogens with one attached hydrogen (secondary N) is 1. The molecule has 2 amide bonds. The van der Waals surface area contributed by atoms with Crippen molar-refractivity contribution in [3.05, 3.63) is 23.2 Å². The zero-order chi connectivity index (χ0) is 16.2. The van der Waals surface area contributed by atoms with Gasteiger partial charge < -0.3 is 9.47 Å². The number of anilines is 1. The van der Waals surface area contributed by atoms with E-state index in [1.165, 1.54) is 11.3 Å². The maximum atomic E-state index is 12.5. The molecule has 0 aliphatic carbocycles. The SMILES string of the molecule is CCc1csc(NC(=O)N2CCC[C@@H](c3nncn3CC)C2)n1. The van der Waals surface area contributed by atoms with Crippen molar-refractivity contribution < 1.29 is 4.79 Å². The Hall–Kier alpha value is -1.96. The summed E-state index contributed by atoms with van der Waals surface area (Å²) >= 11 is 1.47. The molecule has 0 radical (unpaired) electrons. The summed E-state index contributed by atoms with van der Waals surface area (Å²) in [6.45, 7) is 6.43. The number of rotatable bonds is 4. The van der Waals surface area contributed by atoms with E-state index < -0.39 is 0 Å². The van der Waals surface area contributed by atoms with Gasteiger partial charge in [0.25, 0.3) is 0 Å². The number of urea groups is 1. The van der Waals surface area contributed by atoms with Crippen molar-refractivity contribution in [3.63, 3.8) is 0 Å². The van der Waals surface area contributed by atoms with Crippen molar-refractivity contribution in [1.29, 1.82) is 0 Å². The summed E-state index contributed by atoms with van der Waals surface area (Å²) in [4.78, 5) is 18.7. The van der Waals surface area contributed by atoms with Crippen molar-refractivity contribution >= 4 is 22.5 Å². The second kappa shape index (κ2) is 7.08. The standard InChI is InChI=1S/C15H22N6OS/c1-3-12-9-23-14(17-12)18-15(22)21-7-5-6-11(8-21)13-19-16-10-20(13)4-2/h9-11H,3-8H2,1-2H3,(H,17,18,22)/t11-/m1/s1. The van der Waals surface area contributed by atoms with Gasteiger partial charge in [-0.1, -0.05) is 6.92 Å². The molecule has 0 saturated carbocycles. The molecule has 1 aliphatic heterocycles. The van der Waals surface area contributed by atoms with Gasteiger partial charge in [0.1, 0.15) is 12.2 Å². The molecule has 0 unspecified atom stereocenters. The molecule has 1 aliphatic rings. The zero-order valence-corrected chi connectivity index (χ0v) is 14.3. The Morgan fingerprint density at radius 2 is 2.35 bits per heavy atom. The molecule has 0 bridgehead atoms. The van der Waals surface area contributed by atoms with E-state index in [-0.39, 0.29) is 11.9 Å². The first kappa shape index (κ1) is 15.9. The molecular formula is C15H22N6OS. The normalized spacial score (nSPS) is 18.2. The van der Waals surface area contributed by atoms with Crippen LogP contribution >= 0.6 is 11.3 Å². The highest BCUT2D eigenvalue weighted by atomic mass is 32.1. The lowest BCUT2D eigenvalue weighted by Crippen LogP contribution is -2.42. The summed E-state index contributed by atoms with van der Waals surface area (Å²) in [5.41, 5.74) is 1.01. The minimum atomic E-state index is -0.0748. The molecule has 0 spiro atoms. The number of hydrogen-bond acceptors (Lipinski definition) is 5. The fourth-order valence-corrected chi connectivity index (χ4v) is 3.68. The molecule has 7 nitrogen and oxygen atoms in total. The lowest BCUT2D eigenvalue weighted by molar-refractivity contribution is 0.190. The minimum Gasteiger partial charge on any atom is -0.324 e. The summed E-state index contributed by atoms with van der Waals surface area (Å²) in [7, 11) is 0. The first-order chi connectivity index (χ1) is 11.2. The molecule has 8 heteroatoms. The Morgan fingerprint density at radius 1 is 1.48 bits per heavy atom. The van der Waals surface area contributed by atoms with Crippen LogP contribution < -0.4 is 5.32 Å². The maximum absolute atomic E-state index is 12.5. The largest absolute Gasteiger partial charge is 0.324 e. The van der Waals surface area contributed by atoms with Crippen LogP contribution in [0.2, 0.25) is 0 Å². The Morgan fingerprint density at radius 3 is 3.09 bits per heavy atom. The van der Waals surface area contributed by atoms with Gasteiger partial charge in [-0.25, -0.2) is 9.78 Å². The number of aryl methyl sites for hydroxylation is 2. The molecule has 3 heterocycles. The van der Waals surface area contributed by atoms with Crippen molar-refractivity contribution in [2.75, 3.05) is 18.4 Å². The first-order valence-electron chi connectivity index (χ1n) is 8.09. The number of piperidine rings is 1. The highest BCUT2D eigenvalue weighted by Gasteiger charge is 2.28. The number of hydrogen-bond donors (Lipinski definition) is 1. The van der Waals surface area contributed by atoms with Gasteiger partial charge in [0.05, 0.1) is 5.69 Å². The lowest BCUT2D eigenvalue weighted by atomic mass is 9.97. The van der Waals surface area contributed by atoms with E-state index in [1.807, 2.05) is 10.3 Å². The summed E-state index contributed by atoms with van der Waals surface area (Å²) < 4.78 is 2.06. The molecular weight excluding hydrogens is 312 g/mol. The lowest BCUT2D eigenvalue weighted by Gasteiger charge is -2.32. The van der Waals surface area contributed by atoms with Crippen LogP contribution in [0.4, 0.5) is 9.93 Å². The third-order valence-corrected chi connectivity index (χ3v) is 4.99. The van der Waals surface area contributed by atoms with Gasteiger partial charge in [0.15, 0.2) is 5.13 Å². The van der Waals surface area contributed by atoms with Gasteiger partial charge in [-0.3, -0.25) is 5.32 Å². The van der Waals surface area contributed by atoms with Crippen LogP contribution in [0.15, 0.2) is 11.7 Å². The highest BCUT2D eigenvalue weighted by molar-refractivity contribution is 7.13. The van der Waals surface area contributed by atoms with Crippen LogP contribution in [-0.4, -0.2) is 43.8 Å². The second-order valence-corrected chi connectivity index (χ2v) is 6.55. The predicted octanol–water partition coefficient (Wildman–Crippen LogP) is 2.73. The molecule has 2 aromatic rings. The van der Waals surface area contributed by atoms with Crippen LogP contribution in [0.25, 0.3) is 0 Å². The minimum absolute atomic E-state index is 0.0748. The molecule has 0 aromatic carbocycles. The number of thiazole rings is 1. The van der Waals surface area contributed by atoms with Crippen molar-refractivity contribution in [2.24, 2.45) is 0 Å². The molecule has 2 aromatic heterocycles. The zero-order valence-electron chi connectivity index (χ0n) is 13.5. The smallest absolute Gasteiger partial charge is 0.323 e. The molecule has 23 heavy (non-hydrogen) atoms. The Bertz CT molecular complexity index is 666. The van der Waals surface area contributed by atoms with E-state index in [1.54, 1.807) is 6.33 Å². The van der Waals surface area contributed by atoms with E-state index >= 15 is 0 Å². The summed E-state index contributed by atoms with van der Waals surface area (Å²) in [5, 5.41) is 13.8. The average Bonchev–Trinajstić information content (AvgIpc) is 3.23. The van der Waals surface area contributed by atoms with E-state index in [0.717, 1.165) is 43.9 Å². The molecule has 3 rings (SSSR count). The second-order valence-electron chi connectivity index (χ2n) is 5.69. The van der Waals surface area contributed by atoms with Crippen LogP contribution in [0, 0.1) is 0 Å². The molecule has 1 fully saturated rings. The number of amides is 2. The Kier molecular flexibility index (Phi) is 4.90. The van der Waals surface area contributed by atoms with Crippen molar-refractivity contribution in [2.45, 2.75) is 45.6 Å². The van der Waals surface area contributed by atoms with Gasteiger partial charge in [-0.15, -0.1) is 21.5 Å². The molecule has 1 atom stereocenters. The van der Waals surface area contributed by atoms with Crippen molar-refractivity contribution in [3.8, 4) is 0 Å². The Labute approximate surface area is 139 Å². The number of nitrogens with zero attached hydrogens (tertiary/aromatic N) is 5. The number of aromatic nitrogens is 4. The van der Waals surface area contributed by atoms with Crippen molar-refractivity contribution in [1.82, 2.24) is 24.6 Å². The van der Waals surface area contributed by atoms with E-state index in [0.29, 0.717) is 11.7 Å². The third-order valence-electron chi connectivity index (χ3n) is 4.19. The van der Waals surface area contributed by atoms with E-state index in [9.17, 15) is 4.79 Å². The van der Waals surface area contributed by atoms with Gasteiger partial charge in [-0.2, -0.15) is 0 Å². The topological polar surface area (TPSA) is 75.9 Å². The fraction of sp³-hybridized carbons (Fsp3) is 0.600. The molecule has 1 saturated heterocycles. The molecule has 1 N–H and O–H groups in total. The maximum Gasteiger partial charge on any atom is 0.323 e. The average molecular weight is 334 g/mol. The summed E-state index contributed by atoms with van der Waals surface area (Å²) in [5.74, 6) is 1.23. The van der Waals surface area contributed by atoms with Gasteiger partial charge in [0, 0.05) is 30.9 Å². The fourth-order valence-electron chi connectivity index (χ4n) is 2.89. The van der Waals surface area contributed by atoms with Gasteiger partial charge in [-0.05, 0) is 26.2 Å². The van der Waals surface area contributed by atoms with Gasteiger partial charge in [0.2, 0.25) is 0 Å². The van der Waals surface area contributed by atoms with E-state index in [2.05, 4.69) is 38.9 Å². The van der Waals surface area contributed by atoms with Crippen LogP contribution in [0.5, 0.6) is 0 Å². The number of carbonyl (C=O) groups is 1.